The monoisotopic (exact) mass is 614 g/mol. The number of nitrogens with one attached hydrogen (secondary N) is 1. The van der Waals surface area contributed by atoms with E-state index < -0.39 is 22.5 Å². The fraction of sp³-hybridized carbons (Fsp3) is 0.107. The molecule has 0 fully saturated rings. The van der Waals surface area contributed by atoms with Crippen molar-refractivity contribution in [2.75, 3.05) is 22.8 Å². The summed E-state index contributed by atoms with van der Waals surface area (Å²) in [6.45, 7) is 1.83. The number of nitrogens with zero attached hydrogens (tertiary/aromatic N) is 1. The molecule has 0 aliphatic rings. The molecule has 4 aromatic rings. The van der Waals surface area contributed by atoms with E-state index in [1.807, 2.05) is 25.1 Å². The molecule has 0 aromatic heterocycles. The standard InChI is InChI=1S/C28H24BrClN2O5S/c1-2-36-23-13-11-22(12-14-23)32(38(34,35)25-15-8-20(29)9-16-25)19-28(33)31-26-18-21(30)10-17-27(26)37-24-6-4-3-5-7-24/h3-18H,2,19H2,1H3,(H,31,33). The van der Waals surface area contributed by atoms with Crippen molar-refractivity contribution >= 4 is 54.8 Å². The first-order valence-electron chi connectivity index (χ1n) is 11.6. The number of hydrogen-bond donors (Lipinski definition) is 1. The number of amides is 1. The van der Waals surface area contributed by atoms with Gasteiger partial charge in [0.25, 0.3) is 10.0 Å². The predicted octanol–water partition coefficient (Wildman–Crippen LogP) is 7.13. The molecule has 0 aliphatic carbocycles. The molecule has 4 aromatic carbocycles. The Balaban J connectivity index is 1.64. The Morgan fingerprint density at radius 2 is 1.61 bits per heavy atom. The van der Waals surface area contributed by atoms with E-state index in [1.165, 1.54) is 12.1 Å². The van der Waals surface area contributed by atoms with Gasteiger partial charge in [0.05, 0.1) is 22.9 Å². The maximum atomic E-state index is 13.7. The van der Waals surface area contributed by atoms with E-state index in [1.54, 1.807) is 66.7 Å². The molecule has 1 N–H and O–H groups in total. The lowest BCUT2D eigenvalue weighted by Gasteiger charge is -2.24. The van der Waals surface area contributed by atoms with Gasteiger partial charge in [0, 0.05) is 9.50 Å². The number of para-hydroxylation sites is 1. The highest BCUT2D eigenvalue weighted by molar-refractivity contribution is 9.10. The summed E-state index contributed by atoms with van der Waals surface area (Å²) >= 11 is 9.50. The second kappa shape index (κ2) is 12.3. The lowest BCUT2D eigenvalue weighted by molar-refractivity contribution is -0.114. The van der Waals surface area contributed by atoms with Gasteiger partial charge in [0.15, 0.2) is 5.75 Å². The van der Waals surface area contributed by atoms with Gasteiger partial charge in [0.2, 0.25) is 5.91 Å². The second-order valence-corrected chi connectivity index (χ2v) is 11.2. The molecule has 0 atom stereocenters. The van der Waals surface area contributed by atoms with Gasteiger partial charge in [-0.3, -0.25) is 9.10 Å². The summed E-state index contributed by atoms with van der Waals surface area (Å²) in [5.74, 6) is 0.930. The van der Waals surface area contributed by atoms with Crippen molar-refractivity contribution in [2.45, 2.75) is 11.8 Å². The summed E-state index contributed by atoms with van der Waals surface area (Å²) in [5, 5.41) is 3.13. The SMILES string of the molecule is CCOc1ccc(N(CC(=O)Nc2cc(Cl)ccc2Oc2ccccc2)S(=O)(=O)c2ccc(Br)cc2)cc1. The Labute approximate surface area is 235 Å². The van der Waals surface area contributed by atoms with Crippen LogP contribution in [0.3, 0.4) is 0 Å². The number of benzene rings is 4. The molecule has 1 amide bonds. The number of carbonyl (C=O) groups is 1. The molecular formula is C28H24BrClN2O5S. The summed E-state index contributed by atoms with van der Waals surface area (Å²) in [6, 6.07) is 26.6. The van der Waals surface area contributed by atoms with Gasteiger partial charge >= 0.3 is 0 Å². The van der Waals surface area contributed by atoms with Crippen LogP contribution in [-0.4, -0.2) is 27.5 Å². The van der Waals surface area contributed by atoms with Gasteiger partial charge in [-0.1, -0.05) is 45.7 Å². The van der Waals surface area contributed by atoms with E-state index in [4.69, 9.17) is 21.1 Å². The molecule has 10 heteroatoms. The lowest BCUT2D eigenvalue weighted by Crippen LogP contribution is -2.38. The topological polar surface area (TPSA) is 84.9 Å². The van der Waals surface area contributed by atoms with Crippen LogP contribution in [0.1, 0.15) is 6.92 Å². The fourth-order valence-corrected chi connectivity index (χ4v) is 5.41. The molecule has 0 saturated heterocycles. The van der Waals surface area contributed by atoms with E-state index in [0.717, 1.165) is 8.78 Å². The zero-order valence-electron chi connectivity index (χ0n) is 20.3. The summed E-state index contributed by atoms with van der Waals surface area (Å²) in [6.07, 6.45) is 0. The number of rotatable bonds is 10. The summed E-state index contributed by atoms with van der Waals surface area (Å²) in [5.41, 5.74) is 0.609. The van der Waals surface area contributed by atoms with Crippen molar-refractivity contribution in [2.24, 2.45) is 0 Å². The Morgan fingerprint density at radius 3 is 2.26 bits per heavy atom. The zero-order valence-corrected chi connectivity index (χ0v) is 23.5. The van der Waals surface area contributed by atoms with Crippen LogP contribution in [0.25, 0.3) is 0 Å². The molecule has 0 radical (unpaired) electrons. The van der Waals surface area contributed by atoms with Gasteiger partial charge in [-0.2, -0.15) is 0 Å². The lowest BCUT2D eigenvalue weighted by atomic mass is 10.2. The minimum absolute atomic E-state index is 0.0400. The highest BCUT2D eigenvalue weighted by atomic mass is 79.9. The van der Waals surface area contributed by atoms with Crippen LogP contribution in [0.4, 0.5) is 11.4 Å². The van der Waals surface area contributed by atoms with Crippen LogP contribution >= 0.6 is 27.5 Å². The molecule has 0 spiro atoms. The third kappa shape index (κ3) is 6.86. The molecule has 0 aliphatic heterocycles. The minimum Gasteiger partial charge on any atom is -0.494 e. The van der Waals surface area contributed by atoms with E-state index in [-0.39, 0.29) is 4.90 Å². The number of hydrogen-bond acceptors (Lipinski definition) is 5. The Morgan fingerprint density at radius 1 is 0.921 bits per heavy atom. The van der Waals surface area contributed by atoms with Gasteiger partial charge in [-0.15, -0.1) is 0 Å². The minimum atomic E-state index is -4.10. The van der Waals surface area contributed by atoms with Crippen molar-refractivity contribution < 1.29 is 22.7 Å². The first-order valence-corrected chi connectivity index (χ1v) is 14.2. The van der Waals surface area contributed by atoms with Gasteiger partial charge in [-0.25, -0.2) is 8.42 Å². The zero-order chi connectivity index (χ0) is 27.1. The number of sulfonamides is 1. The molecule has 0 unspecified atom stereocenters. The average molecular weight is 616 g/mol. The molecule has 0 saturated carbocycles. The third-order valence-electron chi connectivity index (χ3n) is 5.31. The molecule has 7 nitrogen and oxygen atoms in total. The summed E-state index contributed by atoms with van der Waals surface area (Å²) in [7, 11) is -4.10. The van der Waals surface area contributed by atoms with Crippen molar-refractivity contribution in [1.29, 1.82) is 0 Å². The Hall–Kier alpha value is -3.53. The first kappa shape index (κ1) is 27.5. The second-order valence-electron chi connectivity index (χ2n) is 8.00. The smallest absolute Gasteiger partial charge is 0.264 e. The fourth-order valence-electron chi connectivity index (χ4n) is 3.55. The van der Waals surface area contributed by atoms with E-state index in [2.05, 4.69) is 21.2 Å². The van der Waals surface area contributed by atoms with Crippen molar-refractivity contribution in [3.8, 4) is 17.2 Å². The molecule has 0 heterocycles. The van der Waals surface area contributed by atoms with Crippen LogP contribution in [0, 0.1) is 0 Å². The van der Waals surface area contributed by atoms with Crippen molar-refractivity contribution in [1.82, 2.24) is 0 Å². The summed E-state index contributed by atoms with van der Waals surface area (Å²) < 4.78 is 40.5. The molecule has 4 rings (SSSR count). The Bertz CT molecular complexity index is 1500. The number of anilines is 2. The van der Waals surface area contributed by atoms with Crippen LogP contribution in [0.15, 0.2) is 106 Å². The van der Waals surface area contributed by atoms with E-state index >= 15 is 0 Å². The normalized spacial score (nSPS) is 11.0. The number of halogens is 2. The largest absolute Gasteiger partial charge is 0.494 e. The average Bonchev–Trinajstić information content (AvgIpc) is 2.90. The van der Waals surface area contributed by atoms with Crippen LogP contribution in [0.2, 0.25) is 5.02 Å². The van der Waals surface area contributed by atoms with Crippen LogP contribution in [0.5, 0.6) is 17.2 Å². The van der Waals surface area contributed by atoms with Gasteiger partial charge in [-0.05, 0) is 85.8 Å². The highest BCUT2D eigenvalue weighted by Gasteiger charge is 2.28. The van der Waals surface area contributed by atoms with Crippen LogP contribution in [-0.2, 0) is 14.8 Å². The number of ether oxygens (including phenoxy) is 2. The Kier molecular flexibility index (Phi) is 8.93. The van der Waals surface area contributed by atoms with E-state index in [0.29, 0.717) is 40.3 Å². The van der Waals surface area contributed by atoms with Gasteiger partial charge in [0.1, 0.15) is 18.0 Å². The molecular weight excluding hydrogens is 592 g/mol. The maximum Gasteiger partial charge on any atom is 0.264 e. The van der Waals surface area contributed by atoms with Crippen molar-refractivity contribution in [3.63, 3.8) is 0 Å². The van der Waals surface area contributed by atoms with E-state index in [9.17, 15) is 13.2 Å². The molecule has 196 valence electrons. The molecule has 38 heavy (non-hydrogen) atoms. The highest BCUT2D eigenvalue weighted by Crippen LogP contribution is 2.33. The quantitative estimate of drug-likeness (QED) is 0.205. The van der Waals surface area contributed by atoms with Gasteiger partial charge < -0.3 is 14.8 Å². The third-order valence-corrected chi connectivity index (χ3v) is 7.86. The first-order chi connectivity index (χ1) is 18.3. The van der Waals surface area contributed by atoms with Crippen LogP contribution < -0.4 is 19.1 Å². The maximum absolute atomic E-state index is 13.7. The predicted molar refractivity (Wildman–Crippen MR) is 153 cm³/mol. The van der Waals surface area contributed by atoms with Crippen molar-refractivity contribution in [3.05, 3.63) is 107 Å². The molecule has 0 bridgehead atoms. The number of carbonyl (C=O) groups excluding carboxylic acids is 1. The summed E-state index contributed by atoms with van der Waals surface area (Å²) in [4.78, 5) is 13.3.